The highest BCUT2D eigenvalue weighted by atomic mass is 19.1. The third-order valence-electron chi connectivity index (χ3n) is 4.65. The molecule has 0 bridgehead atoms. The fourth-order valence-electron chi connectivity index (χ4n) is 3.11. The highest BCUT2D eigenvalue weighted by Crippen LogP contribution is 2.21. The molecule has 1 heterocycles. The topological polar surface area (TPSA) is 76.7 Å². The molecule has 3 rings (SSSR count). The SMILES string of the molecule is O=C(O)CCCCO/N=C(\c1ccccc1)C(Cc1ccc(F)cc1)n1ccnc1. The Hall–Kier alpha value is -3.48. The second-order valence-corrected chi connectivity index (χ2v) is 6.88. The number of imidazole rings is 1. The Morgan fingerprint density at radius 3 is 2.57 bits per heavy atom. The van der Waals surface area contributed by atoms with Crippen LogP contribution >= 0.6 is 0 Å². The molecule has 0 saturated carbocycles. The van der Waals surface area contributed by atoms with Crippen molar-refractivity contribution in [2.45, 2.75) is 31.7 Å². The van der Waals surface area contributed by atoms with Gasteiger partial charge >= 0.3 is 5.97 Å². The van der Waals surface area contributed by atoms with Crippen molar-refractivity contribution in [3.05, 3.63) is 90.3 Å². The molecule has 0 aliphatic heterocycles. The van der Waals surface area contributed by atoms with Gasteiger partial charge in [-0.05, 0) is 37.0 Å². The first-order chi connectivity index (χ1) is 14.6. The van der Waals surface area contributed by atoms with Gasteiger partial charge in [0, 0.05) is 24.4 Å². The summed E-state index contributed by atoms with van der Waals surface area (Å²) in [5.41, 5.74) is 2.58. The molecule has 1 N–H and O–H groups in total. The number of carboxylic acid groups (broad SMARTS) is 1. The van der Waals surface area contributed by atoms with Crippen molar-refractivity contribution >= 4 is 11.7 Å². The Labute approximate surface area is 174 Å². The lowest BCUT2D eigenvalue weighted by Crippen LogP contribution is -2.22. The first-order valence-electron chi connectivity index (χ1n) is 9.82. The van der Waals surface area contributed by atoms with Gasteiger partial charge in [0.15, 0.2) is 0 Å². The summed E-state index contributed by atoms with van der Waals surface area (Å²) in [6, 6.07) is 15.9. The molecule has 156 valence electrons. The van der Waals surface area contributed by atoms with E-state index in [2.05, 4.69) is 10.1 Å². The van der Waals surface area contributed by atoms with Gasteiger partial charge in [-0.1, -0.05) is 47.6 Å². The predicted octanol–water partition coefficient (Wildman–Crippen LogP) is 4.48. The Kier molecular flexibility index (Phi) is 7.71. The molecular formula is C23H24FN3O3. The summed E-state index contributed by atoms with van der Waals surface area (Å²) in [5.74, 6) is -1.09. The number of nitrogens with zero attached hydrogens (tertiary/aromatic N) is 3. The van der Waals surface area contributed by atoms with Gasteiger partial charge in [-0.2, -0.15) is 0 Å². The molecule has 7 heteroatoms. The lowest BCUT2D eigenvalue weighted by molar-refractivity contribution is -0.137. The molecule has 0 amide bonds. The fraction of sp³-hybridized carbons (Fsp3) is 0.261. The van der Waals surface area contributed by atoms with E-state index in [4.69, 9.17) is 9.94 Å². The Morgan fingerprint density at radius 1 is 1.13 bits per heavy atom. The lowest BCUT2D eigenvalue weighted by atomic mass is 9.96. The standard InChI is InChI=1S/C23H24FN3O3/c24-20-11-9-18(10-12-20)16-21(27-14-13-25-17-27)23(19-6-2-1-3-7-19)26-30-15-5-4-8-22(28)29/h1-3,6-7,9-14,17,21H,4-5,8,15-16H2,(H,28,29)/b26-23+. The number of oxime groups is 1. The molecule has 3 aromatic rings. The molecule has 0 spiro atoms. The number of aliphatic carboxylic acids is 1. The molecule has 0 radical (unpaired) electrons. The lowest BCUT2D eigenvalue weighted by Gasteiger charge is -2.21. The molecule has 0 fully saturated rings. The second kappa shape index (κ2) is 10.9. The molecule has 1 unspecified atom stereocenters. The Bertz CT molecular complexity index is 942. The molecule has 2 aromatic carbocycles. The summed E-state index contributed by atoms with van der Waals surface area (Å²) < 4.78 is 15.3. The zero-order valence-electron chi connectivity index (χ0n) is 16.5. The fourth-order valence-corrected chi connectivity index (χ4v) is 3.11. The number of benzene rings is 2. The first-order valence-corrected chi connectivity index (χ1v) is 9.82. The van der Waals surface area contributed by atoms with E-state index in [0.717, 1.165) is 16.8 Å². The minimum absolute atomic E-state index is 0.112. The number of aromatic nitrogens is 2. The van der Waals surface area contributed by atoms with E-state index in [9.17, 15) is 9.18 Å². The van der Waals surface area contributed by atoms with E-state index in [1.54, 1.807) is 24.7 Å². The molecule has 0 aliphatic carbocycles. The van der Waals surface area contributed by atoms with Crippen LogP contribution in [0.1, 0.15) is 36.4 Å². The smallest absolute Gasteiger partial charge is 0.303 e. The van der Waals surface area contributed by atoms with Gasteiger partial charge in [0.05, 0.1) is 12.4 Å². The Morgan fingerprint density at radius 2 is 1.90 bits per heavy atom. The van der Waals surface area contributed by atoms with Gasteiger partial charge in [-0.25, -0.2) is 9.37 Å². The van der Waals surface area contributed by atoms with E-state index in [1.165, 1.54) is 12.1 Å². The van der Waals surface area contributed by atoms with Crippen LogP contribution in [-0.2, 0) is 16.1 Å². The largest absolute Gasteiger partial charge is 0.481 e. The second-order valence-electron chi connectivity index (χ2n) is 6.88. The average Bonchev–Trinajstić information content (AvgIpc) is 3.28. The normalized spacial score (nSPS) is 12.5. The van der Waals surface area contributed by atoms with Crippen LogP contribution in [0.5, 0.6) is 0 Å². The van der Waals surface area contributed by atoms with Crippen molar-refractivity contribution in [1.29, 1.82) is 0 Å². The van der Waals surface area contributed by atoms with Crippen molar-refractivity contribution in [1.82, 2.24) is 9.55 Å². The third kappa shape index (κ3) is 6.27. The van der Waals surface area contributed by atoms with Gasteiger partial charge < -0.3 is 14.5 Å². The van der Waals surface area contributed by atoms with Crippen molar-refractivity contribution in [2.24, 2.45) is 5.16 Å². The van der Waals surface area contributed by atoms with Gasteiger partial charge in [0.25, 0.3) is 0 Å². The van der Waals surface area contributed by atoms with Crippen molar-refractivity contribution < 1.29 is 19.1 Å². The average molecular weight is 409 g/mol. The Balaban J connectivity index is 1.84. The number of rotatable bonds is 11. The highest BCUT2D eigenvalue weighted by molar-refractivity contribution is 6.03. The molecule has 0 aliphatic rings. The summed E-state index contributed by atoms with van der Waals surface area (Å²) in [6.07, 6.45) is 7.11. The van der Waals surface area contributed by atoms with E-state index < -0.39 is 5.97 Å². The molecule has 1 aromatic heterocycles. The van der Waals surface area contributed by atoms with Crippen LogP contribution in [0, 0.1) is 5.82 Å². The van der Waals surface area contributed by atoms with Crippen molar-refractivity contribution in [3.8, 4) is 0 Å². The van der Waals surface area contributed by atoms with Crippen molar-refractivity contribution in [3.63, 3.8) is 0 Å². The molecule has 30 heavy (non-hydrogen) atoms. The first kappa shape index (κ1) is 21.2. The van der Waals surface area contributed by atoms with E-state index in [1.807, 2.05) is 41.1 Å². The number of unbranched alkanes of at least 4 members (excludes halogenated alkanes) is 1. The van der Waals surface area contributed by atoms with Crippen LogP contribution in [0.2, 0.25) is 0 Å². The summed E-state index contributed by atoms with van der Waals surface area (Å²) in [7, 11) is 0. The third-order valence-corrected chi connectivity index (χ3v) is 4.65. The summed E-state index contributed by atoms with van der Waals surface area (Å²) in [6.45, 7) is 0.330. The van der Waals surface area contributed by atoms with Crippen LogP contribution in [0.25, 0.3) is 0 Å². The maximum Gasteiger partial charge on any atom is 0.303 e. The van der Waals surface area contributed by atoms with Gasteiger partial charge in [-0.15, -0.1) is 0 Å². The minimum atomic E-state index is -0.817. The zero-order chi connectivity index (χ0) is 21.2. The van der Waals surface area contributed by atoms with Crippen LogP contribution in [0.3, 0.4) is 0 Å². The maximum absolute atomic E-state index is 13.3. The van der Waals surface area contributed by atoms with Crippen molar-refractivity contribution in [2.75, 3.05) is 6.61 Å². The quantitative estimate of drug-likeness (QED) is 0.288. The van der Waals surface area contributed by atoms with E-state index >= 15 is 0 Å². The van der Waals surface area contributed by atoms with Gasteiger partial charge in [0.2, 0.25) is 0 Å². The minimum Gasteiger partial charge on any atom is -0.481 e. The van der Waals surface area contributed by atoms with Crippen LogP contribution in [-0.4, -0.2) is 32.9 Å². The number of halogens is 1. The summed E-state index contributed by atoms with van der Waals surface area (Å²) in [5, 5.41) is 13.2. The molecule has 6 nitrogen and oxygen atoms in total. The number of hydrogen-bond acceptors (Lipinski definition) is 4. The van der Waals surface area contributed by atoms with Gasteiger partial charge in [-0.3, -0.25) is 4.79 Å². The number of hydrogen-bond donors (Lipinski definition) is 1. The number of carbonyl (C=O) groups is 1. The van der Waals surface area contributed by atoms with Gasteiger partial charge in [0.1, 0.15) is 18.1 Å². The zero-order valence-corrected chi connectivity index (χ0v) is 16.5. The monoisotopic (exact) mass is 409 g/mol. The highest BCUT2D eigenvalue weighted by Gasteiger charge is 2.21. The van der Waals surface area contributed by atoms with Crippen LogP contribution < -0.4 is 0 Å². The summed E-state index contributed by atoms with van der Waals surface area (Å²) >= 11 is 0. The van der Waals surface area contributed by atoms with Crippen LogP contribution in [0.4, 0.5) is 4.39 Å². The predicted molar refractivity (Wildman–Crippen MR) is 112 cm³/mol. The van der Waals surface area contributed by atoms with Crippen LogP contribution in [0.15, 0.2) is 78.5 Å². The maximum atomic E-state index is 13.3. The molecule has 1 atom stereocenters. The van der Waals surface area contributed by atoms with E-state index in [-0.39, 0.29) is 18.3 Å². The molecule has 0 saturated heterocycles. The van der Waals surface area contributed by atoms with E-state index in [0.29, 0.717) is 25.9 Å². The number of carboxylic acids is 1. The molecular weight excluding hydrogens is 385 g/mol. The summed E-state index contributed by atoms with van der Waals surface area (Å²) in [4.78, 5) is 20.4.